The third kappa shape index (κ3) is 6.69. The molecule has 9 aromatic heterocycles. The van der Waals surface area contributed by atoms with Crippen molar-refractivity contribution in [1.29, 1.82) is 0 Å². The lowest BCUT2D eigenvalue weighted by atomic mass is 10.0. The summed E-state index contributed by atoms with van der Waals surface area (Å²) >= 11 is 0. The molecule has 0 aliphatic carbocycles. The van der Waals surface area contributed by atoms with Gasteiger partial charge in [0.1, 0.15) is 0 Å². The Morgan fingerprint density at radius 1 is 0.233 bits per heavy atom. The van der Waals surface area contributed by atoms with E-state index in [9.17, 15) is 9.59 Å². The molecule has 0 saturated carbocycles. The Labute approximate surface area is 512 Å². The van der Waals surface area contributed by atoms with Crippen molar-refractivity contribution in [2.75, 3.05) is 0 Å². The number of nitrogens with zero attached hydrogens (tertiary/aromatic N) is 9. The molecule has 19 rings (SSSR count). The highest BCUT2D eigenvalue weighted by Crippen LogP contribution is 2.54. The van der Waals surface area contributed by atoms with Gasteiger partial charge in [-0.25, -0.2) is 0 Å². The first-order valence-corrected chi connectivity index (χ1v) is 30.3. The molecule has 0 fully saturated rings. The van der Waals surface area contributed by atoms with Crippen LogP contribution in [-0.2, 0) is 0 Å². The highest BCUT2D eigenvalue weighted by atomic mass is 16.1. The Morgan fingerprint density at radius 2 is 0.444 bits per heavy atom. The number of fused-ring (bicyclic) bond motifs is 18. The molecule has 9 heterocycles. The average molecular weight is 1160 g/mol. The first-order chi connectivity index (χ1) is 44.4. The van der Waals surface area contributed by atoms with Gasteiger partial charge in [0.05, 0.1) is 117 Å². The molecule has 0 spiro atoms. The number of hydrogen-bond acceptors (Lipinski definition) is 5. The Balaban J connectivity index is 1.24. The molecule has 11 heteroatoms. The van der Waals surface area contributed by atoms with Crippen molar-refractivity contribution in [2.45, 2.75) is 13.8 Å². The molecule has 0 saturated heterocycles. The van der Waals surface area contributed by atoms with Crippen LogP contribution in [0.5, 0.6) is 0 Å². The van der Waals surface area contributed by atoms with Crippen LogP contribution in [0.15, 0.2) is 261 Å². The normalized spacial score (nSPS) is 12.2. The van der Waals surface area contributed by atoms with Gasteiger partial charge in [-0.05, 0) is 129 Å². The summed E-state index contributed by atoms with van der Waals surface area (Å²) in [6.45, 7) is 3.28. The molecule has 0 bridgehead atoms. The maximum Gasteiger partial charge on any atom is 0.159 e. The van der Waals surface area contributed by atoms with Crippen LogP contribution >= 0.6 is 0 Å². The Hall–Kier alpha value is -12.2. The monoisotopic (exact) mass is 1160 g/mol. The molecular weight excluding hydrogens is 1110 g/mol. The second-order valence-electron chi connectivity index (χ2n) is 23.4. The number of ketones is 2. The van der Waals surface area contributed by atoms with E-state index >= 15 is 0 Å². The van der Waals surface area contributed by atoms with Crippen molar-refractivity contribution in [3.8, 4) is 34.1 Å². The largest absolute Gasteiger partial charge is 0.305 e. The molecular formula is C79H49N9O2. The molecule has 0 N–H and O–H groups in total. The van der Waals surface area contributed by atoms with Gasteiger partial charge in [0.25, 0.3) is 0 Å². The van der Waals surface area contributed by atoms with Crippen LogP contribution in [0.3, 0.4) is 0 Å². The zero-order valence-corrected chi connectivity index (χ0v) is 48.7. The summed E-state index contributed by atoms with van der Waals surface area (Å²) in [5, 5.41) is 8.92. The SMILES string of the molecule is CC(=O)c1ccc2c(c1)c1ccccc1n2-c1c(-n2c3ccccc3c3ncccc32)c(-n2c3ccccc3c3ccccc32)c(-n2c3ccccc3c3ncccc32)c(-n2c3ccccc3c3cc(C(C)=O)ccc32)c1-n1c2ccccc2c2ncccc21. The highest BCUT2D eigenvalue weighted by Gasteiger charge is 2.38. The van der Waals surface area contributed by atoms with Gasteiger partial charge in [0.2, 0.25) is 0 Å². The molecule has 422 valence electrons. The van der Waals surface area contributed by atoms with Crippen molar-refractivity contribution in [2.24, 2.45) is 0 Å². The molecule has 10 aromatic carbocycles. The van der Waals surface area contributed by atoms with E-state index in [1.807, 2.05) is 48.9 Å². The summed E-state index contributed by atoms with van der Waals surface area (Å²) < 4.78 is 14.8. The number of pyridine rings is 3. The third-order valence-electron chi connectivity index (χ3n) is 18.7. The minimum atomic E-state index is -0.0223. The standard InChI is InChI=1S/C79H49N9O2/c1-46(89)48-37-39-66-57(44-48)52-22-5-12-29-61(52)84(66)75-77(86-63-31-14-7-24-54(63)71-68(86)34-17-41-80-71)74(83-59-27-10-3-20-50(59)51-21-4-11-28-60(51)83)78(87-64-32-15-8-25-55(64)72-69(87)35-18-42-81-72)76(79(75)88-65-33-16-9-26-56(65)73-70(88)36-19-43-82-73)85-62-30-13-6-23-53(62)58-45-49(47(2)90)38-40-67(58)85/h3-45H,1-2H3. The smallest absolute Gasteiger partial charge is 0.159 e. The highest BCUT2D eigenvalue weighted by molar-refractivity contribution is 6.20. The zero-order chi connectivity index (χ0) is 59.6. The second-order valence-corrected chi connectivity index (χ2v) is 23.4. The number of benzene rings is 10. The van der Waals surface area contributed by atoms with Crippen molar-refractivity contribution in [1.82, 2.24) is 42.4 Å². The van der Waals surface area contributed by atoms with Crippen LogP contribution in [0.25, 0.3) is 165 Å². The number of carbonyl (C=O) groups excluding carboxylic acids is 2. The molecule has 0 radical (unpaired) electrons. The predicted octanol–water partition coefficient (Wildman–Crippen LogP) is 18.9. The molecule has 0 atom stereocenters. The van der Waals surface area contributed by atoms with Crippen LogP contribution in [0.1, 0.15) is 34.6 Å². The van der Waals surface area contributed by atoms with Crippen molar-refractivity contribution in [3.63, 3.8) is 0 Å². The Bertz CT molecular complexity index is 5900. The fourth-order valence-corrected chi connectivity index (χ4v) is 15.0. The lowest BCUT2D eigenvalue weighted by Crippen LogP contribution is -2.20. The van der Waals surface area contributed by atoms with E-state index in [1.54, 1.807) is 13.8 Å². The lowest BCUT2D eigenvalue weighted by Gasteiger charge is -2.32. The van der Waals surface area contributed by atoms with Crippen LogP contribution in [0.2, 0.25) is 0 Å². The van der Waals surface area contributed by atoms with Crippen LogP contribution < -0.4 is 0 Å². The zero-order valence-electron chi connectivity index (χ0n) is 48.7. The van der Waals surface area contributed by atoms with Crippen molar-refractivity contribution in [3.05, 3.63) is 272 Å². The topological polar surface area (TPSA) is 102 Å². The second kappa shape index (κ2) is 18.6. The minimum absolute atomic E-state index is 0.0223. The fourth-order valence-electron chi connectivity index (χ4n) is 15.0. The summed E-state index contributed by atoms with van der Waals surface area (Å²) in [6, 6.07) is 85.7. The first kappa shape index (κ1) is 50.0. The maximum absolute atomic E-state index is 13.7. The number of rotatable bonds is 8. The molecule has 0 amide bonds. The summed E-state index contributed by atoms with van der Waals surface area (Å²) in [7, 11) is 0. The number of Topliss-reactive ketones (excluding diaryl/α,β-unsaturated/α-hetero) is 2. The molecule has 0 unspecified atom stereocenters. The van der Waals surface area contributed by atoms with E-state index in [0.29, 0.717) is 11.1 Å². The lowest BCUT2D eigenvalue weighted by molar-refractivity contribution is 0.100. The van der Waals surface area contributed by atoms with Crippen LogP contribution in [-0.4, -0.2) is 53.9 Å². The maximum atomic E-state index is 13.7. The van der Waals surface area contributed by atoms with Crippen LogP contribution in [0.4, 0.5) is 0 Å². The first-order valence-electron chi connectivity index (χ1n) is 30.3. The van der Waals surface area contributed by atoms with Gasteiger partial charge < -0.3 is 27.4 Å². The quantitative estimate of drug-likeness (QED) is 0.141. The predicted molar refractivity (Wildman–Crippen MR) is 366 cm³/mol. The van der Waals surface area contributed by atoms with E-state index in [1.165, 1.54) is 0 Å². The van der Waals surface area contributed by atoms with Gasteiger partial charge in [-0.3, -0.25) is 24.5 Å². The van der Waals surface area contributed by atoms with Crippen LogP contribution in [0, 0.1) is 0 Å². The van der Waals surface area contributed by atoms with Gasteiger partial charge in [-0.2, -0.15) is 0 Å². The van der Waals surface area contributed by atoms with Gasteiger partial charge in [0.15, 0.2) is 11.6 Å². The summed E-state index contributed by atoms with van der Waals surface area (Å²) in [6.07, 6.45) is 5.67. The fraction of sp³-hybridized carbons (Fsp3) is 0.0253. The molecule has 19 aromatic rings. The minimum Gasteiger partial charge on any atom is -0.305 e. The summed E-state index contributed by atoms with van der Waals surface area (Å²) in [5.41, 5.74) is 19.9. The van der Waals surface area contributed by atoms with Gasteiger partial charge in [-0.15, -0.1) is 0 Å². The van der Waals surface area contributed by atoms with Gasteiger partial charge in [-0.1, -0.05) is 127 Å². The van der Waals surface area contributed by atoms with E-state index in [-0.39, 0.29) is 11.6 Å². The Kier molecular flexibility index (Phi) is 10.4. The van der Waals surface area contributed by atoms with E-state index < -0.39 is 0 Å². The number of carbonyl (C=O) groups is 2. The molecule has 11 nitrogen and oxygen atoms in total. The molecule has 90 heavy (non-hydrogen) atoms. The van der Waals surface area contributed by atoms with E-state index in [0.717, 1.165) is 165 Å². The summed E-state index contributed by atoms with van der Waals surface area (Å²) in [4.78, 5) is 43.4. The third-order valence-corrected chi connectivity index (χ3v) is 18.7. The van der Waals surface area contributed by atoms with Gasteiger partial charge in [0, 0.05) is 78.2 Å². The van der Waals surface area contributed by atoms with Crippen molar-refractivity contribution >= 4 is 143 Å². The van der Waals surface area contributed by atoms with Crippen molar-refractivity contribution < 1.29 is 9.59 Å². The molecule has 0 aliphatic heterocycles. The number of aromatic nitrogens is 9. The molecule has 0 aliphatic rings. The number of para-hydroxylation sites is 7. The number of hydrogen-bond donors (Lipinski definition) is 0. The Morgan fingerprint density at radius 3 is 0.722 bits per heavy atom. The summed E-state index contributed by atoms with van der Waals surface area (Å²) in [5.74, 6) is -0.0446. The average Bonchev–Trinajstić information content (AvgIpc) is 1.43. The van der Waals surface area contributed by atoms with E-state index in [4.69, 9.17) is 15.0 Å². The van der Waals surface area contributed by atoms with E-state index in [2.05, 4.69) is 240 Å². The van der Waals surface area contributed by atoms with Gasteiger partial charge >= 0.3 is 0 Å².